The molecular formula is C22H34N3O2+. The summed E-state index contributed by atoms with van der Waals surface area (Å²) in [6, 6.07) is 8.28. The van der Waals surface area contributed by atoms with Gasteiger partial charge in [0.05, 0.1) is 26.3 Å². The summed E-state index contributed by atoms with van der Waals surface area (Å²) >= 11 is 0. The number of carbonyl (C=O) groups excluding carboxylic acids is 1. The Morgan fingerprint density at radius 2 is 1.81 bits per heavy atom. The van der Waals surface area contributed by atoms with E-state index in [0.29, 0.717) is 0 Å². The second-order valence-electron chi connectivity index (χ2n) is 8.56. The van der Waals surface area contributed by atoms with Gasteiger partial charge in [0, 0.05) is 30.4 Å². The molecule has 1 unspecified atom stereocenters. The number of likely N-dealkylation sites (tertiary alicyclic amines) is 1. The molecule has 1 aromatic carbocycles. The van der Waals surface area contributed by atoms with Crippen molar-refractivity contribution in [2.45, 2.75) is 45.1 Å². The Kier molecular flexibility index (Phi) is 5.98. The minimum atomic E-state index is 0.0202. The van der Waals surface area contributed by atoms with Crippen LogP contribution in [-0.2, 0) is 9.53 Å². The van der Waals surface area contributed by atoms with Crippen LogP contribution in [0.2, 0.25) is 0 Å². The molecule has 1 saturated carbocycles. The fourth-order valence-corrected chi connectivity index (χ4v) is 5.15. The zero-order chi connectivity index (χ0) is 18.6. The number of quaternary nitrogens is 1. The highest BCUT2D eigenvalue weighted by molar-refractivity contribution is 5.93. The largest absolute Gasteiger partial charge is 0.378 e. The number of fused-ring (bicyclic) bond motifs is 1. The van der Waals surface area contributed by atoms with Crippen LogP contribution < -0.4 is 15.1 Å². The van der Waals surface area contributed by atoms with Gasteiger partial charge in [0.1, 0.15) is 0 Å². The van der Waals surface area contributed by atoms with Crippen molar-refractivity contribution in [2.24, 2.45) is 11.8 Å². The average molecular weight is 373 g/mol. The highest BCUT2D eigenvalue weighted by Gasteiger charge is 2.37. The first-order chi connectivity index (χ1) is 13.2. The number of nitrogens with zero attached hydrogens (tertiary/aromatic N) is 1. The number of rotatable bonds is 4. The molecule has 0 aromatic heterocycles. The molecule has 2 aliphatic heterocycles. The van der Waals surface area contributed by atoms with E-state index in [-0.39, 0.29) is 11.9 Å². The van der Waals surface area contributed by atoms with Crippen LogP contribution in [0.4, 0.5) is 11.4 Å². The summed E-state index contributed by atoms with van der Waals surface area (Å²) < 4.78 is 5.41. The molecule has 3 fully saturated rings. The van der Waals surface area contributed by atoms with Gasteiger partial charge in [-0.15, -0.1) is 0 Å². The topological polar surface area (TPSA) is 46.0 Å². The first-order valence-corrected chi connectivity index (χ1v) is 10.8. The lowest BCUT2D eigenvalue weighted by Crippen LogP contribution is -3.18. The van der Waals surface area contributed by atoms with Crippen LogP contribution in [0.3, 0.4) is 0 Å². The van der Waals surface area contributed by atoms with Gasteiger partial charge in [-0.3, -0.25) is 4.79 Å². The zero-order valence-corrected chi connectivity index (χ0v) is 16.6. The maximum Gasteiger partial charge on any atom is 0.282 e. The number of ether oxygens (including phenoxy) is 1. The van der Waals surface area contributed by atoms with Crippen LogP contribution in [0.15, 0.2) is 24.3 Å². The van der Waals surface area contributed by atoms with Gasteiger partial charge >= 0.3 is 0 Å². The van der Waals surface area contributed by atoms with Gasteiger partial charge in [-0.25, -0.2) is 0 Å². The maximum atomic E-state index is 12.8. The van der Waals surface area contributed by atoms with E-state index in [1.54, 1.807) is 0 Å². The SMILES string of the molecule is C[C@H](C(=O)Nc1ccc(N2CCOCC2)cc1)[NH+]1CC[C@@H]2CCCC[C@@H]2C1. The molecule has 0 bridgehead atoms. The van der Waals surface area contributed by atoms with Crippen molar-refractivity contribution in [1.29, 1.82) is 0 Å². The third-order valence-electron chi connectivity index (χ3n) is 6.94. The molecule has 5 nitrogen and oxygen atoms in total. The number of benzene rings is 1. The molecule has 0 spiro atoms. The first kappa shape index (κ1) is 18.8. The van der Waals surface area contributed by atoms with Crippen molar-refractivity contribution in [1.82, 2.24) is 0 Å². The molecule has 1 aliphatic carbocycles. The monoisotopic (exact) mass is 372 g/mol. The number of anilines is 2. The zero-order valence-electron chi connectivity index (χ0n) is 16.6. The number of hydrogen-bond acceptors (Lipinski definition) is 3. The van der Waals surface area contributed by atoms with E-state index < -0.39 is 0 Å². The van der Waals surface area contributed by atoms with E-state index in [1.165, 1.54) is 49.2 Å². The van der Waals surface area contributed by atoms with Crippen molar-refractivity contribution in [2.75, 3.05) is 49.6 Å². The van der Waals surface area contributed by atoms with Crippen LogP contribution in [-0.4, -0.2) is 51.3 Å². The van der Waals surface area contributed by atoms with Crippen molar-refractivity contribution in [3.05, 3.63) is 24.3 Å². The molecule has 5 heteroatoms. The summed E-state index contributed by atoms with van der Waals surface area (Å²) in [4.78, 5) is 16.6. The Bertz CT molecular complexity index is 627. The predicted octanol–water partition coefficient (Wildman–Crippen LogP) is 1.95. The van der Waals surface area contributed by atoms with Crippen LogP contribution in [0, 0.1) is 11.8 Å². The summed E-state index contributed by atoms with van der Waals surface area (Å²) in [5, 5.41) is 3.14. The van der Waals surface area contributed by atoms with Gasteiger partial charge < -0.3 is 19.9 Å². The van der Waals surface area contributed by atoms with Gasteiger partial charge in [-0.05, 0) is 56.4 Å². The Labute approximate surface area is 163 Å². The number of carbonyl (C=O) groups is 1. The van der Waals surface area contributed by atoms with Gasteiger partial charge in [-0.2, -0.15) is 0 Å². The third kappa shape index (κ3) is 4.46. The Morgan fingerprint density at radius 3 is 2.56 bits per heavy atom. The Morgan fingerprint density at radius 1 is 1.11 bits per heavy atom. The van der Waals surface area contributed by atoms with Crippen LogP contribution >= 0.6 is 0 Å². The van der Waals surface area contributed by atoms with Gasteiger partial charge in [-0.1, -0.05) is 12.8 Å². The maximum absolute atomic E-state index is 12.8. The highest BCUT2D eigenvalue weighted by atomic mass is 16.5. The normalized spacial score (nSPS) is 29.7. The van der Waals surface area contributed by atoms with E-state index >= 15 is 0 Å². The van der Waals surface area contributed by atoms with E-state index in [0.717, 1.165) is 50.4 Å². The molecule has 1 aromatic rings. The van der Waals surface area contributed by atoms with E-state index in [4.69, 9.17) is 4.74 Å². The van der Waals surface area contributed by atoms with E-state index in [9.17, 15) is 4.79 Å². The predicted molar refractivity (Wildman–Crippen MR) is 108 cm³/mol. The minimum absolute atomic E-state index is 0.0202. The molecule has 3 aliphatic rings. The molecule has 2 heterocycles. The van der Waals surface area contributed by atoms with Crippen molar-refractivity contribution in [3.63, 3.8) is 0 Å². The Hall–Kier alpha value is -1.59. The lowest BCUT2D eigenvalue weighted by molar-refractivity contribution is -0.924. The van der Waals surface area contributed by atoms with Crippen LogP contribution in [0.5, 0.6) is 0 Å². The molecule has 1 amide bonds. The molecule has 2 N–H and O–H groups in total. The summed E-state index contributed by atoms with van der Waals surface area (Å²) in [5.41, 5.74) is 2.10. The van der Waals surface area contributed by atoms with E-state index in [1.807, 2.05) is 12.1 Å². The molecule has 4 rings (SSSR count). The Balaban J connectivity index is 1.31. The standard InChI is InChI=1S/C22H33N3O2/c1-17(25-11-10-18-4-2-3-5-19(18)16-25)22(26)23-20-6-8-21(9-7-20)24-12-14-27-15-13-24/h6-9,17-19H,2-5,10-16H2,1H3,(H,23,26)/p+1/t17-,18+,19-/m1/s1. The van der Waals surface area contributed by atoms with Gasteiger partial charge in [0.2, 0.25) is 0 Å². The number of morpholine rings is 1. The first-order valence-electron chi connectivity index (χ1n) is 10.8. The van der Waals surface area contributed by atoms with Crippen LogP contribution in [0.25, 0.3) is 0 Å². The van der Waals surface area contributed by atoms with Crippen molar-refractivity contribution in [3.8, 4) is 0 Å². The molecule has 27 heavy (non-hydrogen) atoms. The van der Waals surface area contributed by atoms with Crippen LogP contribution in [0.1, 0.15) is 39.0 Å². The van der Waals surface area contributed by atoms with Gasteiger partial charge in [0.25, 0.3) is 5.91 Å². The summed E-state index contributed by atoms with van der Waals surface area (Å²) in [7, 11) is 0. The number of hydrogen-bond donors (Lipinski definition) is 2. The second-order valence-corrected chi connectivity index (χ2v) is 8.56. The summed E-state index contributed by atoms with van der Waals surface area (Å²) in [6.07, 6.45) is 6.86. The molecular weight excluding hydrogens is 338 g/mol. The fourth-order valence-electron chi connectivity index (χ4n) is 5.15. The molecule has 148 valence electrons. The summed E-state index contributed by atoms with van der Waals surface area (Å²) in [5.74, 6) is 1.91. The quantitative estimate of drug-likeness (QED) is 0.849. The lowest BCUT2D eigenvalue weighted by atomic mass is 9.75. The fraction of sp³-hybridized carbons (Fsp3) is 0.682. The average Bonchev–Trinajstić information content (AvgIpc) is 2.74. The molecule has 2 saturated heterocycles. The number of piperidine rings is 1. The van der Waals surface area contributed by atoms with E-state index in [2.05, 4.69) is 29.3 Å². The second kappa shape index (κ2) is 8.61. The van der Waals surface area contributed by atoms with Crippen molar-refractivity contribution >= 4 is 17.3 Å². The molecule has 4 atom stereocenters. The smallest absolute Gasteiger partial charge is 0.282 e. The lowest BCUT2D eigenvalue weighted by Gasteiger charge is -2.40. The minimum Gasteiger partial charge on any atom is -0.378 e. The highest BCUT2D eigenvalue weighted by Crippen LogP contribution is 2.32. The third-order valence-corrected chi connectivity index (χ3v) is 6.94. The molecule has 0 radical (unpaired) electrons. The van der Waals surface area contributed by atoms with Crippen molar-refractivity contribution < 1.29 is 14.4 Å². The van der Waals surface area contributed by atoms with Gasteiger partial charge in [0.15, 0.2) is 6.04 Å². The summed E-state index contributed by atoms with van der Waals surface area (Å²) in [6.45, 7) is 7.86. The number of amides is 1. The number of nitrogens with one attached hydrogen (secondary N) is 2.